The van der Waals surface area contributed by atoms with Crippen LogP contribution in [0.25, 0.3) is 5.69 Å². The molecule has 0 saturated heterocycles. The number of para-hydroxylation sites is 1. The number of hydrogen-bond acceptors (Lipinski definition) is 6. The minimum Gasteiger partial charge on any atom is -0.493 e. The number of nitrogens with zero attached hydrogens (tertiary/aromatic N) is 3. The summed E-state index contributed by atoms with van der Waals surface area (Å²) in [7, 11) is 1.42. The molecule has 0 bridgehead atoms. The van der Waals surface area contributed by atoms with Crippen molar-refractivity contribution in [1.82, 2.24) is 9.78 Å². The Labute approximate surface area is 167 Å². The van der Waals surface area contributed by atoms with Crippen LogP contribution in [0.5, 0.6) is 5.75 Å². The molecule has 3 rings (SSSR count). The zero-order valence-corrected chi connectivity index (χ0v) is 15.8. The van der Waals surface area contributed by atoms with Crippen LogP contribution in [0.15, 0.2) is 60.8 Å². The lowest BCUT2D eigenvalue weighted by Gasteiger charge is -2.13. The van der Waals surface area contributed by atoms with Gasteiger partial charge in [0.05, 0.1) is 30.6 Å². The Morgan fingerprint density at radius 3 is 2.45 bits per heavy atom. The van der Waals surface area contributed by atoms with Crippen molar-refractivity contribution in [2.75, 3.05) is 12.4 Å². The van der Waals surface area contributed by atoms with Gasteiger partial charge in [-0.2, -0.15) is 10.4 Å². The Hall–Kier alpha value is -4.12. The van der Waals surface area contributed by atoms with E-state index in [1.165, 1.54) is 18.7 Å². The largest absolute Gasteiger partial charge is 0.493 e. The molecule has 3 aromatic rings. The third kappa shape index (κ3) is 4.59. The zero-order chi connectivity index (χ0) is 20.8. The lowest BCUT2D eigenvalue weighted by Crippen LogP contribution is -2.30. The fraction of sp³-hybridized carbons (Fsp3) is 0.143. The van der Waals surface area contributed by atoms with Crippen LogP contribution in [0.3, 0.4) is 0 Å². The lowest BCUT2D eigenvalue weighted by atomic mass is 10.2. The number of carbonyl (C=O) groups excluding carboxylic acids is 2. The molecule has 2 aromatic carbocycles. The number of nitriles is 1. The van der Waals surface area contributed by atoms with Gasteiger partial charge in [-0.1, -0.05) is 18.2 Å². The Morgan fingerprint density at radius 1 is 1.14 bits per heavy atom. The first-order valence-corrected chi connectivity index (χ1v) is 8.73. The van der Waals surface area contributed by atoms with Gasteiger partial charge in [0, 0.05) is 5.69 Å². The van der Waals surface area contributed by atoms with Gasteiger partial charge in [0.15, 0.2) is 11.9 Å². The minimum atomic E-state index is -1.07. The quantitative estimate of drug-likeness (QED) is 0.649. The Bertz CT molecular complexity index is 1050. The number of nitrogens with one attached hydrogen (secondary N) is 1. The van der Waals surface area contributed by atoms with Crippen molar-refractivity contribution in [2.45, 2.75) is 13.0 Å². The number of carbonyl (C=O) groups is 2. The van der Waals surface area contributed by atoms with Crippen molar-refractivity contribution in [3.05, 3.63) is 72.1 Å². The van der Waals surface area contributed by atoms with Crippen molar-refractivity contribution in [2.24, 2.45) is 0 Å². The van der Waals surface area contributed by atoms with Gasteiger partial charge in [0.2, 0.25) is 5.69 Å². The maximum Gasteiger partial charge on any atom is 0.363 e. The Balaban J connectivity index is 1.69. The maximum atomic E-state index is 12.5. The molecular formula is C21H18N4O4. The number of hydrogen-bond donors (Lipinski definition) is 1. The molecule has 0 aliphatic heterocycles. The number of ether oxygens (including phenoxy) is 2. The Morgan fingerprint density at radius 2 is 1.83 bits per heavy atom. The van der Waals surface area contributed by atoms with Crippen molar-refractivity contribution in [3.63, 3.8) is 0 Å². The van der Waals surface area contributed by atoms with E-state index in [2.05, 4.69) is 10.4 Å². The number of aromatic nitrogens is 2. The maximum absolute atomic E-state index is 12.5. The highest BCUT2D eigenvalue weighted by Crippen LogP contribution is 2.21. The smallest absolute Gasteiger partial charge is 0.363 e. The first-order chi connectivity index (χ1) is 14.0. The molecule has 0 aliphatic rings. The topological polar surface area (TPSA) is 106 Å². The van der Waals surface area contributed by atoms with Crippen LogP contribution in [0, 0.1) is 11.3 Å². The predicted octanol–water partition coefficient (Wildman–Crippen LogP) is 2.94. The number of amides is 1. The van der Waals surface area contributed by atoms with E-state index in [1.807, 2.05) is 36.4 Å². The summed E-state index contributed by atoms with van der Waals surface area (Å²) in [6.07, 6.45) is 0.498. The van der Waals surface area contributed by atoms with Crippen molar-refractivity contribution in [1.29, 1.82) is 5.26 Å². The zero-order valence-electron chi connectivity index (χ0n) is 15.8. The van der Waals surface area contributed by atoms with Crippen molar-refractivity contribution in [3.8, 4) is 17.5 Å². The third-order valence-corrected chi connectivity index (χ3v) is 4.05. The molecule has 29 heavy (non-hydrogen) atoms. The van der Waals surface area contributed by atoms with Crippen LogP contribution in [0.2, 0.25) is 0 Å². The van der Waals surface area contributed by atoms with E-state index in [9.17, 15) is 9.59 Å². The van der Waals surface area contributed by atoms with E-state index < -0.39 is 18.0 Å². The summed E-state index contributed by atoms with van der Waals surface area (Å²) in [5, 5.41) is 15.7. The molecule has 8 nitrogen and oxygen atoms in total. The van der Waals surface area contributed by atoms with Crippen LogP contribution >= 0.6 is 0 Å². The van der Waals surface area contributed by atoms with E-state index in [4.69, 9.17) is 14.7 Å². The van der Waals surface area contributed by atoms with Crippen LogP contribution in [0.4, 0.5) is 5.69 Å². The monoisotopic (exact) mass is 390 g/mol. The second-order valence-electron chi connectivity index (χ2n) is 6.05. The summed E-state index contributed by atoms with van der Waals surface area (Å²) in [6.45, 7) is 1.46. The standard InChI is InChI=1S/C21H18N4O4/c1-14(20(26)23-16-10-8-15(12-22)9-11-16)29-21(27)19-18(28-2)13-25(24-19)17-6-4-3-5-7-17/h3-11,13-14H,1-2H3,(H,23,26)/t14-/m0/s1. The normalized spacial score (nSPS) is 11.2. The molecule has 8 heteroatoms. The van der Waals surface area contributed by atoms with Gasteiger partial charge < -0.3 is 14.8 Å². The van der Waals surface area contributed by atoms with Crippen LogP contribution in [0.1, 0.15) is 23.0 Å². The average molecular weight is 390 g/mol. The number of benzene rings is 2. The highest BCUT2D eigenvalue weighted by atomic mass is 16.6. The summed E-state index contributed by atoms with van der Waals surface area (Å²) in [5.41, 5.74) is 1.68. The fourth-order valence-electron chi connectivity index (χ4n) is 2.50. The first-order valence-electron chi connectivity index (χ1n) is 8.73. The molecule has 1 aromatic heterocycles. The van der Waals surface area contributed by atoms with Crippen LogP contribution in [-0.2, 0) is 9.53 Å². The summed E-state index contributed by atoms with van der Waals surface area (Å²) >= 11 is 0. The minimum absolute atomic E-state index is 0.0330. The van der Waals surface area contributed by atoms with E-state index >= 15 is 0 Å². The van der Waals surface area contributed by atoms with Gasteiger partial charge in [-0.15, -0.1) is 0 Å². The average Bonchev–Trinajstić information content (AvgIpc) is 3.19. The van der Waals surface area contributed by atoms with E-state index in [1.54, 1.807) is 30.5 Å². The molecule has 0 saturated carbocycles. The van der Waals surface area contributed by atoms with Gasteiger partial charge >= 0.3 is 5.97 Å². The molecule has 1 atom stereocenters. The van der Waals surface area contributed by atoms with Crippen LogP contribution < -0.4 is 10.1 Å². The third-order valence-electron chi connectivity index (χ3n) is 4.05. The SMILES string of the molecule is COc1cn(-c2ccccc2)nc1C(=O)O[C@@H](C)C(=O)Nc1ccc(C#N)cc1. The van der Waals surface area contributed by atoms with Gasteiger partial charge in [-0.25, -0.2) is 9.48 Å². The highest BCUT2D eigenvalue weighted by molar-refractivity contribution is 5.97. The predicted molar refractivity (Wildman–Crippen MR) is 105 cm³/mol. The molecule has 0 spiro atoms. The summed E-state index contributed by atoms with van der Waals surface area (Å²) < 4.78 is 12.0. The summed E-state index contributed by atoms with van der Waals surface area (Å²) in [5.74, 6) is -1.05. The van der Waals surface area contributed by atoms with Crippen molar-refractivity contribution >= 4 is 17.6 Å². The fourth-order valence-corrected chi connectivity index (χ4v) is 2.50. The molecule has 0 fully saturated rings. The number of esters is 1. The van der Waals surface area contributed by atoms with Gasteiger partial charge in [-0.3, -0.25) is 4.79 Å². The van der Waals surface area contributed by atoms with Gasteiger partial charge in [0.25, 0.3) is 5.91 Å². The number of rotatable bonds is 6. The van der Waals surface area contributed by atoms with Gasteiger partial charge in [-0.05, 0) is 43.3 Å². The molecule has 1 N–H and O–H groups in total. The first kappa shape index (κ1) is 19.6. The van der Waals surface area contributed by atoms with Crippen molar-refractivity contribution < 1.29 is 19.1 Å². The van der Waals surface area contributed by atoms with E-state index in [0.717, 1.165) is 5.69 Å². The molecule has 0 aliphatic carbocycles. The Kier molecular flexibility index (Phi) is 5.90. The highest BCUT2D eigenvalue weighted by Gasteiger charge is 2.25. The van der Waals surface area contributed by atoms with Gasteiger partial charge in [0.1, 0.15) is 0 Å². The molecular weight excluding hydrogens is 372 g/mol. The summed E-state index contributed by atoms with van der Waals surface area (Å²) in [6, 6.07) is 17.5. The molecule has 1 heterocycles. The second kappa shape index (κ2) is 8.71. The molecule has 146 valence electrons. The number of methoxy groups -OCH3 is 1. The van der Waals surface area contributed by atoms with E-state index in [-0.39, 0.29) is 11.4 Å². The van der Waals surface area contributed by atoms with Crippen LogP contribution in [-0.4, -0.2) is 34.9 Å². The molecule has 0 unspecified atom stereocenters. The lowest BCUT2D eigenvalue weighted by molar-refractivity contribution is -0.123. The van der Waals surface area contributed by atoms with E-state index in [0.29, 0.717) is 11.3 Å². The second-order valence-corrected chi connectivity index (χ2v) is 6.05. The summed E-state index contributed by atoms with van der Waals surface area (Å²) in [4.78, 5) is 24.8. The number of anilines is 1. The molecule has 1 amide bonds. The molecule has 0 radical (unpaired) electrons.